The predicted octanol–water partition coefficient (Wildman–Crippen LogP) is 6.12. The molecule has 0 N–H and O–H groups in total. The van der Waals surface area contributed by atoms with Gasteiger partial charge in [-0.3, -0.25) is 0 Å². The molecule has 0 bridgehead atoms. The lowest BCUT2D eigenvalue weighted by molar-refractivity contribution is 0.745. The predicted molar refractivity (Wildman–Crippen MR) is 93.5 cm³/mol. The summed E-state index contributed by atoms with van der Waals surface area (Å²) in [6.07, 6.45) is 10.8. The minimum Gasteiger partial charge on any atom is -0.0991 e. The minimum absolute atomic E-state index is 1.14. The first-order valence-electron chi connectivity index (χ1n) is 7.74. The summed E-state index contributed by atoms with van der Waals surface area (Å²) in [5.41, 5.74) is 5.57. The molecule has 0 amide bonds. The Kier molecular flexibility index (Phi) is 6.02. The van der Waals surface area contributed by atoms with Crippen molar-refractivity contribution >= 4 is 0 Å². The van der Waals surface area contributed by atoms with Crippen LogP contribution in [0, 0.1) is 6.92 Å². The van der Waals surface area contributed by atoms with Crippen LogP contribution in [0.4, 0.5) is 0 Å². The third-order valence-electron chi connectivity index (χ3n) is 3.87. The van der Waals surface area contributed by atoms with Gasteiger partial charge in [0, 0.05) is 0 Å². The summed E-state index contributed by atoms with van der Waals surface area (Å²) in [4.78, 5) is 0. The molecule has 21 heavy (non-hydrogen) atoms. The van der Waals surface area contributed by atoms with Gasteiger partial charge in [-0.2, -0.15) is 0 Å². The van der Waals surface area contributed by atoms with Gasteiger partial charge in [-0.05, 0) is 54.9 Å². The molecular weight excluding hydrogens is 252 g/mol. The fourth-order valence-corrected chi connectivity index (χ4v) is 2.65. The van der Waals surface area contributed by atoms with Crippen molar-refractivity contribution in [2.24, 2.45) is 0 Å². The summed E-state index contributed by atoms with van der Waals surface area (Å²) < 4.78 is 0. The molecule has 0 unspecified atom stereocenters. The van der Waals surface area contributed by atoms with Crippen molar-refractivity contribution in [3.63, 3.8) is 0 Å². The fourth-order valence-electron chi connectivity index (χ4n) is 2.65. The molecule has 0 aromatic heterocycles. The van der Waals surface area contributed by atoms with E-state index in [1.165, 1.54) is 35.1 Å². The van der Waals surface area contributed by atoms with Crippen LogP contribution in [0.1, 0.15) is 30.4 Å². The van der Waals surface area contributed by atoms with Crippen LogP contribution in [-0.4, -0.2) is 0 Å². The lowest BCUT2D eigenvalue weighted by Crippen LogP contribution is -1.93. The number of unbranched alkanes of at least 4 members (excludes halogenated alkanes) is 2. The standard InChI is InChI=1S/C21H24/c1-3-4-5-6-7-9-13-19-16-12-17-21(18(19)2)20-14-10-8-11-15-20/h3-5,8,10-12,14-17H,1,6-7,9,13H2,2H3/b5-4-. The Morgan fingerprint density at radius 3 is 2.52 bits per heavy atom. The minimum atomic E-state index is 1.14. The fraction of sp³-hybridized carbons (Fsp3) is 0.238. The number of hydrogen-bond donors (Lipinski definition) is 0. The molecule has 0 saturated carbocycles. The van der Waals surface area contributed by atoms with Gasteiger partial charge in [0.25, 0.3) is 0 Å². The Balaban J connectivity index is 2.01. The average Bonchev–Trinajstić information content (AvgIpc) is 2.53. The molecule has 2 rings (SSSR count). The lowest BCUT2D eigenvalue weighted by Gasteiger charge is -2.11. The smallest absolute Gasteiger partial charge is 0.0152 e. The summed E-state index contributed by atoms with van der Waals surface area (Å²) >= 11 is 0. The first-order chi connectivity index (χ1) is 10.3. The normalized spacial score (nSPS) is 10.9. The zero-order valence-corrected chi connectivity index (χ0v) is 12.9. The van der Waals surface area contributed by atoms with Gasteiger partial charge < -0.3 is 0 Å². The van der Waals surface area contributed by atoms with Crippen molar-refractivity contribution in [2.45, 2.75) is 32.6 Å². The lowest BCUT2D eigenvalue weighted by atomic mass is 9.94. The Labute approximate surface area is 128 Å². The Morgan fingerprint density at radius 2 is 1.76 bits per heavy atom. The average molecular weight is 276 g/mol. The summed E-state index contributed by atoms with van der Waals surface area (Å²) in [7, 11) is 0. The number of aryl methyl sites for hydroxylation is 1. The van der Waals surface area contributed by atoms with Gasteiger partial charge >= 0.3 is 0 Å². The monoisotopic (exact) mass is 276 g/mol. The number of benzene rings is 2. The van der Waals surface area contributed by atoms with Crippen molar-refractivity contribution < 1.29 is 0 Å². The maximum atomic E-state index is 3.69. The molecule has 0 atom stereocenters. The van der Waals surface area contributed by atoms with Gasteiger partial charge in [0.05, 0.1) is 0 Å². The van der Waals surface area contributed by atoms with Crippen molar-refractivity contribution in [3.8, 4) is 11.1 Å². The SMILES string of the molecule is C=C/C=C\CCCCc1cccc(-c2ccccc2)c1C. The van der Waals surface area contributed by atoms with Crippen LogP contribution in [0.25, 0.3) is 11.1 Å². The van der Waals surface area contributed by atoms with Gasteiger partial charge in [0.15, 0.2) is 0 Å². The molecule has 0 aliphatic carbocycles. The molecule has 0 saturated heterocycles. The van der Waals surface area contributed by atoms with E-state index in [2.05, 4.69) is 68.1 Å². The number of rotatable bonds is 7. The van der Waals surface area contributed by atoms with Gasteiger partial charge in [-0.1, -0.05) is 73.3 Å². The second-order valence-electron chi connectivity index (χ2n) is 5.37. The highest BCUT2D eigenvalue weighted by atomic mass is 14.1. The van der Waals surface area contributed by atoms with E-state index < -0.39 is 0 Å². The van der Waals surface area contributed by atoms with Gasteiger partial charge in [-0.15, -0.1) is 0 Å². The molecule has 0 heteroatoms. The molecule has 0 nitrogen and oxygen atoms in total. The van der Waals surface area contributed by atoms with Crippen LogP contribution in [0.15, 0.2) is 73.3 Å². The van der Waals surface area contributed by atoms with E-state index in [0.29, 0.717) is 0 Å². The highest BCUT2D eigenvalue weighted by Crippen LogP contribution is 2.26. The second-order valence-corrected chi connectivity index (χ2v) is 5.37. The molecule has 0 radical (unpaired) electrons. The zero-order chi connectivity index (χ0) is 14.9. The second kappa shape index (κ2) is 8.26. The van der Waals surface area contributed by atoms with Crippen LogP contribution in [0.5, 0.6) is 0 Å². The molecular formula is C21H24. The highest BCUT2D eigenvalue weighted by Gasteiger charge is 2.05. The molecule has 108 valence electrons. The molecule has 0 aliphatic rings. The van der Waals surface area contributed by atoms with E-state index in [-0.39, 0.29) is 0 Å². The van der Waals surface area contributed by atoms with Crippen LogP contribution in [0.3, 0.4) is 0 Å². The topological polar surface area (TPSA) is 0 Å². The number of hydrogen-bond acceptors (Lipinski definition) is 0. The maximum absolute atomic E-state index is 3.69. The van der Waals surface area contributed by atoms with E-state index in [1.807, 2.05) is 12.2 Å². The maximum Gasteiger partial charge on any atom is -0.0152 e. The van der Waals surface area contributed by atoms with Crippen molar-refractivity contribution in [1.29, 1.82) is 0 Å². The van der Waals surface area contributed by atoms with E-state index >= 15 is 0 Å². The Hall–Kier alpha value is -2.08. The van der Waals surface area contributed by atoms with Gasteiger partial charge in [-0.25, -0.2) is 0 Å². The largest absolute Gasteiger partial charge is 0.0991 e. The third kappa shape index (κ3) is 4.46. The van der Waals surface area contributed by atoms with Crippen LogP contribution in [0.2, 0.25) is 0 Å². The molecule has 0 heterocycles. The van der Waals surface area contributed by atoms with Crippen LogP contribution >= 0.6 is 0 Å². The molecule has 2 aromatic rings. The molecule has 2 aromatic carbocycles. The van der Waals surface area contributed by atoms with Gasteiger partial charge in [0.1, 0.15) is 0 Å². The third-order valence-corrected chi connectivity index (χ3v) is 3.87. The van der Waals surface area contributed by atoms with Gasteiger partial charge in [0.2, 0.25) is 0 Å². The van der Waals surface area contributed by atoms with Crippen molar-refractivity contribution in [1.82, 2.24) is 0 Å². The summed E-state index contributed by atoms with van der Waals surface area (Å²) in [5.74, 6) is 0. The van der Waals surface area contributed by atoms with Crippen LogP contribution < -0.4 is 0 Å². The first kappa shape index (κ1) is 15.3. The first-order valence-corrected chi connectivity index (χ1v) is 7.74. The highest BCUT2D eigenvalue weighted by molar-refractivity contribution is 5.68. The molecule has 0 fully saturated rings. The summed E-state index contributed by atoms with van der Waals surface area (Å²) in [6.45, 7) is 5.93. The van der Waals surface area contributed by atoms with Crippen molar-refractivity contribution in [3.05, 3.63) is 84.5 Å². The molecule has 0 aliphatic heterocycles. The van der Waals surface area contributed by atoms with Crippen molar-refractivity contribution in [2.75, 3.05) is 0 Å². The van der Waals surface area contributed by atoms with E-state index in [0.717, 1.165) is 12.8 Å². The quantitative estimate of drug-likeness (QED) is 0.422. The molecule has 0 spiro atoms. The number of allylic oxidation sites excluding steroid dienone is 3. The van der Waals surface area contributed by atoms with Crippen LogP contribution in [-0.2, 0) is 6.42 Å². The Morgan fingerprint density at radius 1 is 0.952 bits per heavy atom. The summed E-state index contributed by atoms with van der Waals surface area (Å²) in [5, 5.41) is 0. The zero-order valence-electron chi connectivity index (χ0n) is 12.9. The Bertz CT molecular complexity index is 591. The van der Waals surface area contributed by atoms with E-state index in [4.69, 9.17) is 0 Å². The summed E-state index contributed by atoms with van der Waals surface area (Å²) in [6, 6.07) is 17.3. The van der Waals surface area contributed by atoms with E-state index in [9.17, 15) is 0 Å². The van der Waals surface area contributed by atoms with E-state index in [1.54, 1.807) is 0 Å².